The van der Waals surface area contributed by atoms with E-state index in [-0.39, 0.29) is 24.1 Å². The Hall–Kier alpha value is -3.16. The van der Waals surface area contributed by atoms with E-state index in [1.807, 2.05) is 24.3 Å². The molecule has 3 rings (SSSR count). The molecule has 1 aromatic heterocycles. The number of rotatable bonds is 5. The zero-order valence-corrected chi connectivity index (χ0v) is 13.8. The third-order valence-electron chi connectivity index (χ3n) is 3.79. The minimum absolute atomic E-state index is 0.00588. The van der Waals surface area contributed by atoms with Gasteiger partial charge in [-0.1, -0.05) is 18.2 Å². The summed E-state index contributed by atoms with van der Waals surface area (Å²) >= 11 is 0. The van der Waals surface area contributed by atoms with Crippen molar-refractivity contribution in [2.75, 3.05) is 26.8 Å². The van der Waals surface area contributed by atoms with Gasteiger partial charge in [-0.3, -0.25) is 9.59 Å². The second-order valence-electron chi connectivity index (χ2n) is 5.41. The molecule has 0 spiro atoms. The lowest BCUT2D eigenvalue weighted by atomic mass is 10.2. The molecule has 0 fully saturated rings. The highest BCUT2D eigenvalue weighted by molar-refractivity contribution is 5.92. The number of aromatic nitrogens is 2. The Morgan fingerprint density at radius 3 is 3.04 bits per heavy atom. The third-order valence-corrected chi connectivity index (χ3v) is 3.79. The Morgan fingerprint density at radius 2 is 2.20 bits per heavy atom. The van der Waals surface area contributed by atoms with E-state index in [0.717, 1.165) is 11.3 Å². The van der Waals surface area contributed by atoms with E-state index >= 15 is 0 Å². The van der Waals surface area contributed by atoms with Crippen LogP contribution in [0.1, 0.15) is 16.1 Å². The van der Waals surface area contributed by atoms with E-state index in [2.05, 4.69) is 15.3 Å². The first-order valence-corrected chi connectivity index (χ1v) is 7.80. The molecule has 0 saturated carbocycles. The summed E-state index contributed by atoms with van der Waals surface area (Å²) in [4.78, 5) is 33.7. The maximum absolute atomic E-state index is 12.2. The van der Waals surface area contributed by atoms with Gasteiger partial charge in [0.05, 0.1) is 7.11 Å². The first-order chi connectivity index (χ1) is 12.2. The molecule has 0 unspecified atom stereocenters. The minimum atomic E-state index is -0.348. The number of benzene rings is 1. The molecule has 2 heterocycles. The Kier molecular flexibility index (Phi) is 5.08. The predicted octanol–water partition coefficient (Wildman–Crippen LogP) is 0.636. The Morgan fingerprint density at radius 1 is 1.36 bits per heavy atom. The van der Waals surface area contributed by atoms with Crippen molar-refractivity contribution in [3.8, 4) is 11.6 Å². The van der Waals surface area contributed by atoms with Gasteiger partial charge in [0.25, 0.3) is 11.8 Å². The van der Waals surface area contributed by atoms with Gasteiger partial charge in [-0.05, 0) is 6.07 Å². The highest BCUT2D eigenvalue weighted by atomic mass is 16.5. The number of hydrogen-bond acceptors (Lipinski definition) is 6. The third kappa shape index (κ3) is 4.03. The fourth-order valence-electron chi connectivity index (χ4n) is 2.47. The average Bonchev–Trinajstić information content (AvgIpc) is 2.81. The summed E-state index contributed by atoms with van der Waals surface area (Å²) in [6, 6.07) is 9.00. The molecular formula is C17H18N4O4. The van der Waals surface area contributed by atoms with Gasteiger partial charge < -0.3 is 19.7 Å². The van der Waals surface area contributed by atoms with Crippen molar-refractivity contribution in [1.29, 1.82) is 0 Å². The summed E-state index contributed by atoms with van der Waals surface area (Å²) in [5.41, 5.74) is 1.16. The van der Waals surface area contributed by atoms with Gasteiger partial charge in [0.2, 0.25) is 5.88 Å². The average molecular weight is 342 g/mol. The zero-order chi connectivity index (χ0) is 17.6. The van der Waals surface area contributed by atoms with Gasteiger partial charge in [-0.15, -0.1) is 0 Å². The molecule has 8 nitrogen and oxygen atoms in total. The van der Waals surface area contributed by atoms with Crippen LogP contribution in [0.5, 0.6) is 11.6 Å². The molecule has 25 heavy (non-hydrogen) atoms. The molecule has 2 aromatic rings. The quantitative estimate of drug-likeness (QED) is 0.857. The maximum Gasteiger partial charge on any atom is 0.270 e. The van der Waals surface area contributed by atoms with Gasteiger partial charge in [0.15, 0.2) is 6.61 Å². The molecule has 130 valence electrons. The van der Waals surface area contributed by atoms with Gasteiger partial charge in [-0.2, -0.15) is 0 Å². The van der Waals surface area contributed by atoms with E-state index in [9.17, 15) is 9.59 Å². The standard InChI is InChI=1S/C17H18N4O4/c1-24-15-8-13(19-11-20-15)17(23)18-6-7-21-9-12-4-2-3-5-14(12)25-10-16(21)22/h2-5,8,11H,6-7,9-10H2,1H3,(H,18,23). The van der Waals surface area contributed by atoms with Crippen molar-refractivity contribution in [1.82, 2.24) is 20.2 Å². The van der Waals surface area contributed by atoms with Crippen molar-refractivity contribution in [3.63, 3.8) is 0 Å². The van der Waals surface area contributed by atoms with Crippen molar-refractivity contribution >= 4 is 11.8 Å². The van der Waals surface area contributed by atoms with Gasteiger partial charge >= 0.3 is 0 Å². The summed E-state index contributed by atoms with van der Waals surface area (Å²) in [6.07, 6.45) is 1.26. The number of nitrogens with zero attached hydrogens (tertiary/aromatic N) is 3. The molecule has 0 saturated heterocycles. The molecule has 1 aliphatic rings. The highest BCUT2D eigenvalue weighted by Gasteiger charge is 2.21. The Balaban J connectivity index is 1.57. The highest BCUT2D eigenvalue weighted by Crippen LogP contribution is 2.22. The number of methoxy groups -OCH3 is 1. The van der Waals surface area contributed by atoms with Crippen molar-refractivity contribution in [2.24, 2.45) is 0 Å². The van der Waals surface area contributed by atoms with Gasteiger partial charge in [0.1, 0.15) is 17.8 Å². The Bertz CT molecular complexity index is 781. The van der Waals surface area contributed by atoms with Crippen LogP contribution < -0.4 is 14.8 Å². The van der Waals surface area contributed by atoms with E-state index in [4.69, 9.17) is 9.47 Å². The number of para-hydroxylation sites is 1. The lowest BCUT2D eigenvalue weighted by Gasteiger charge is -2.20. The van der Waals surface area contributed by atoms with E-state index < -0.39 is 0 Å². The molecule has 0 radical (unpaired) electrons. The van der Waals surface area contributed by atoms with Crippen LogP contribution in [0.4, 0.5) is 0 Å². The van der Waals surface area contributed by atoms with Crippen molar-refractivity contribution < 1.29 is 19.1 Å². The zero-order valence-electron chi connectivity index (χ0n) is 13.8. The summed E-state index contributed by atoms with van der Waals surface area (Å²) in [6.45, 7) is 1.13. The smallest absolute Gasteiger partial charge is 0.270 e. The first kappa shape index (κ1) is 16.7. The number of fused-ring (bicyclic) bond motifs is 1. The van der Waals surface area contributed by atoms with Crippen LogP contribution in [0.25, 0.3) is 0 Å². The molecule has 0 atom stereocenters. The molecule has 0 bridgehead atoms. The number of nitrogens with one attached hydrogen (secondary N) is 1. The van der Waals surface area contributed by atoms with Crippen LogP contribution in [0, 0.1) is 0 Å². The number of carbonyl (C=O) groups excluding carboxylic acids is 2. The molecule has 2 amide bonds. The van der Waals surface area contributed by atoms with E-state index in [0.29, 0.717) is 25.5 Å². The molecule has 8 heteroatoms. The van der Waals surface area contributed by atoms with Gasteiger partial charge in [-0.25, -0.2) is 9.97 Å². The number of amides is 2. The summed E-state index contributed by atoms with van der Waals surface area (Å²) in [7, 11) is 1.47. The van der Waals surface area contributed by atoms with E-state index in [1.165, 1.54) is 19.5 Å². The lowest BCUT2D eigenvalue weighted by Crippen LogP contribution is -2.39. The Labute approximate surface area is 144 Å². The van der Waals surface area contributed by atoms with Crippen molar-refractivity contribution in [3.05, 3.63) is 47.9 Å². The largest absolute Gasteiger partial charge is 0.483 e. The number of hydrogen-bond donors (Lipinski definition) is 1. The normalized spacial score (nSPS) is 13.5. The predicted molar refractivity (Wildman–Crippen MR) is 88.3 cm³/mol. The van der Waals surface area contributed by atoms with Crippen LogP contribution in [0.15, 0.2) is 36.7 Å². The van der Waals surface area contributed by atoms with Crippen LogP contribution in [-0.2, 0) is 11.3 Å². The molecule has 1 aliphatic heterocycles. The van der Waals surface area contributed by atoms with E-state index in [1.54, 1.807) is 4.90 Å². The summed E-state index contributed by atoms with van der Waals surface area (Å²) in [5, 5.41) is 2.74. The fraction of sp³-hybridized carbons (Fsp3) is 0.294. The van der Waals surface area contributed by atoms with Crippen LogP contribution in [0.3, 0.4) is 0 Å². The summed E-state index contributed by atoms with van der Waals surface area (Å²) in [5.74, 6) is 0.570. The second-order valence-corrected chi connectivity index (χ2v) is 5.41. The monoisotopic (exact) mass is 342 g/mol. The molecule has 1 N–H and O–H groups in total. The topological polar surface area (TPSA) is 93.7 Å². The first-order valence-electron chi connectivity index (χ1n) is 7.80. The number of carbonyl (C=O) groups is 2. The second kappa shape index (κ2) is 7.61. The lowest BCUT2D eigenvalue weighted by molar-refractivity contribution is -0.133. The van der Waals surface area contributed by atoms with Crippen LogP contribution >= 0.6 is 0 Å². The van der Waals surface area contributed by atoms with Crippen molar-refractivity contribution in [2.45, 2.75) is 6.54 Å². The van der Waals surface area contributed by atoms with Crippen LogP contribution in [-0.4, -0.2) is 53.5 Å². The summed E-state index contributed by atoms with van der Waals surface area (Å²) < 4.78 is 10.5. The fourth-order valence-corrected chi connectivity index (χ4v) is 2.47. The minimum Gasteiger partial charge on any atom is -0.483 e. The molecular weight excluding hydrogens is 324 g/mol. The number of ether oxygens (including phenoxy) is 2. The van der Waals surface area contributed by atoms with Gasteiger partial charge in [0, 0.05) is 31.3 Å². The van der Waals surface area contributed by atoms with Crippen LogP contribution in [0.2, 0.25) is 0 Å². The SMILES string of the molecule is COc1cc(C(=O)NCCN2Cc3ccccc3OCC2=O)ncn1. The molecule has 1 aromatic carbocycles. The maximum atomic E-state index is 12.2. The molecule has 0 aliphatic carbocycles.